The molecule has 3 nitrogen and oxygen atoms in total. The largest absolute Gasteiger partial charge is 0.369 e. The summed E-state index contributed by atoms with van der Waals surface area (Å²) in [7, 11) is 0. The minimum absolute atomic E-state index is 0.200. The number of hydrogen-bond acceptors (Lipinski definition) is 2. The van der Waals surface area contributed by atoms with Crippen LogP contribution in [0.3, 0.4) is 0 Å². The maximum atomic E-state index is 11.9. The molecule has 1 aromatic carbocycles. The second kappa shape index (κ2) is 5.24. The minimum Gasteiger partial charge on any atom is -0.369 e. The number of nitrogens with one attached hydrogen (secondary N) is 1. The number of rotatable bonds is 5. The summed E-state index contributed by atoms with van der Waals surface area (Å²) in [4.78, 5) is 14.3. The van der Waals surface area contributed by atoms with Gasteiger partial charge in [-0.05, 0) is 36.8 Å². The highest BCUT2D eigenvalue weighted by molar-refractivity contribution is 5.78. The van der Waals surface area contributed by atoms with Crippen molar-refractivity contribution in [2.45, 2.75) is 26.2 Å². The van der Waals surface area contributed by atoms with E-state index in [4.69, 9.17) is 0 Å². The van der Waals surface area contributed by atoms with E-state index in [1.54, 1.807) is 0 Å². The Morgan fingerprint density at radius 2 is 2.21 bits per heavy atom. The Labute approximate surface area is 115 Å². The molecule has 0 radical (unpaired) electrons. The Hall–Kier alpha value is -1.51. The quantitative estimate of drug-likeness (QED) is 0.878. The first-order valence-corrected chi connectivity index (χ1v) is 7.36. The highest BCUT2D eigenvalue weighted by atomic mass is 16.1. The summed E-state index contributed by atoms with van der Waals surface area (Å²) < 4.78 is 0. The van der Waals surface area contributed by atoms with Crippen molar-refractivity contribution in [2.24, 2.45) is 11.8 Å². The molecule has 1 N–H and O–H groups in total. The Kier molecular flexibility index (Phi) is 3.45. The molecule has 3 rings (SSSR count). The predicted octanol–water partition coefficient (Wildman–Crippen LogP) is 2.21. The predicted molar refractivity (Wildman–Crippen MR) is 77.3 cm³/mol. The Balaban J connectivity index is 1.47. The molecular weight excluding hydrogens is 236 g/mol. The second-order valence-electron chi connectivity index (χ2n) is 5.78. The van der Waals surface area contributed by atoms with Gasteiger partial charge in [0.05, 0.1) is 0 Å². The van der Waals surface area contributed by atoms with Gasteiger partial charge in [0.2, 0.25) is 5.91 Å². The van der Waals surface area contributed by atoms with Crippen molar-refractivity contribution in [3.05, 3.63) is 29.8 Å². The van der Waals surface area contributed by atoms with Crippen LogP contribution in [-0.4, -0.2) is 25.5 Å². The lowest BCUT2D eigenvalue weighted by Crippen LogP contribution is -2.37. The first-order chi connectivity index (χ1) is 9.25. The molecule has 0 spiro atoms. The lowest BCUT2D eigenvalue weighted by Gasteiger charge is -2.20. The molecule has 0 bridgehead atoms. The Morgan fingerprint density at radius 1 is 1.42 bits per heavy atom. The monoisotopic (exact) mass is 258 g/mol. The first kappa shape index (κ1) is 12.5. The zero-order chi connectivity index (χ0) is 13.2. The maximum Gasteiger partial charge on any atom is 0.223 e. The number of carbonyl (C=O) groups is 1. The molecule has 1 aromatic rings. The van der Waals surface area contributed by atoms with Crippen molar-refractivity contribution in [3.8, 4) is 0 Å². The summed E-state index contributed by atoms with van der Waals surface area (Å²) in [6.07, 6.45) is 3.59. The van der Waals surface area contributed by atoms with E-state index in [1.807, 2.05) is 0 Å². The number of benzene rings is 1. The molecule has 1 aliphatic carbocycles. The molecule has 1 atom stereocenters. The number of amides is 1. The normalized spacial score (nSPS) is 19.1. The van der Waals surface area contributed by atoms with Gasteiger partial charge in [-0.3, -0.25) is 4.79 Å². The second-order valence-corrected chi connectivity index (χ2v) is 5.78. The smallest absolute Gasteiger partial charge is 0.223 e. The Bertz CT molecular complexity index is 468. The first-order valence-electron chi connectivity index (χ1n) is 7.36. The average molecular weight is 258 g/mol. The summed E-state index contributed by atoms with van der Waals surface area (Å²) in [6.45, 7) is 4.80. The molecule has 102 valence electrons. The van der Waals surface area contributed by atoms with Crippen LogP contribution in [0.4, 0.5) is 5.69 Å². The van der Waals surface area contributed by atoms with Crippen LogP contribution in [0.1, 0.15) is 25.3 Å². The number of carbonyl (C=O) groups excluding carboxylic acids is 1. The molecule has 0 aromatic heterocycles. The van der Waals surface area contributed by atoms with Crippen LogP contribution in [-0.2, 0) is 11.2 Å². The van der Waals surface area contributed by atoms with Crippen molar-refractivity contribution >= 4 is 11.6 Å². The van der Waals surface area contributed by atoms with Crippen molar-refractivity contribution in [1.82, 2.24) is 5.32 Å². The van der Waals surface area contributed by atoms with Gasteiger partial charge in [0.15, 0.2) is 0 Å². The van der Waals surface area contributed by atoms with E-state index in [0.29, 0.717) is 5.92 Å². The van der Waals surface area contributed by atoms with E-state index >= 15 is 0 Å². The van der Waals surface area contributed by atoms with Crippen molar-refractivity contribution in [1.29, 1.82) is 0 Å². The van der Waals surface area contributed by atoms with E-state index in [9.17, 15) is 4.79 Å². The summed E-state index contributed by atoms with van der Waals surface area (Å²) in [6, 6.07) is 8.56. The summed E-state index contributed by atoms with van der Waals surface area (Å²) >= 11 is 0. The van der Waals surface area contributed by atoms with E-state index in [0.717, 1.165) is 26.1 Å². The van der Waals surface area contributed by atoms with E-state index in [1.165, 1.54) is 24.1 Å². The van der Waals surface area contributed by atoms with Gasteiger partial charge in [0.25, 0.3) is 0 Å². The van der Waals surface area contributed by atoms with Crippen molar-refractivity contribution < 1.29 is 4.79 Å². The summed E-state index contributed by atoms with van der Waals surface area (Å²) in [5, 5.41) is 3.08. The molecule has 1 amide bonds. The topological polar surface area (TPSA) is 32.3 Å². The van der Waals surface area contributed by atoms with Crippen LogP contribution >= 0.6 is 0 Å². The third-order valence-corrected chi connectivity index (χ3v) is 4.41. The third kappa shape index (κ3) is 2.75. The molecule has 1 heterocycles. The standard InChI is InChI=1S/C16H22N2O/c1-12(13-6-7-13)16(19)17-9-11-18-10-8-14-4-2-3-5-15(14)18/h2-5,12-13H,6-11H2,1H3,(H,17,19). The third-order valence-electron chi connectivity index (χ3n) is 4.41. The van der Waals surface area contributed by atoms with Gasteiger partial charge < -0.3 is 10.2 Å². The van der Waals surface area contributed by atoms with Gasteiger partial charge in [-0.2, -0.15) is 0 Å². The number of fused-ring (bicyclic) bond motifs is 1. The number of nitrogens with zero attached hydrogens (tertiary/aromatic N) is 1. The number of hydrogen-bond donors (Lipinski definition) is 1. The molecule has 3 heteroatoms. The summed E-state index contributed by atoms with van der Waals surface area (Å²) in [5.41, 5.74) is 2.77. The van der Waals surface area contributed by atoms with Gasteiger partial charge in [-0.15, -0.1) is 0 Å². The highest BCUT2D eigenvalue weighted by Crippen LogP contribution is 2.36. The van der Waals surface area contributed by atoms with E-state index in [-0.39, 0.29) is 11.8 Å². The fourth-order valence-electron chi connectivity index (χ4n) is 2.92. The van der Waals surface area contributed by atoms with Crippen LogP contribution in [0.2, 0.25) is 0 Å². The molecule has 19 heavy (non-hydrogen) atoms. The highest BCUT2D eigenvalue weighted by Gasteiger charge is 2.32. The molecule has 1 unspecified atom stereocenters. The van der Waals surface area contributed by atoms with Crippen molar-refractivity contribution in [2.75, 3.05) is 24.5 Å². The van der Waals surface area contributed by atoms with Crippen LogP contribution < -0.4 is 10.2 Å². The average Bonchev–Trinajstić information content (AvgIpc) is 3.20. The Morgan fingerprint density at radius 3 is 3.00 bits per heavy atom. The van der Waals surface area contributed by atoms with E-state index < -0.39 is 0 Å². The van der Waals surface area contributed by atoms with Crippen molar-refractivity contribution in [3.63, 3.8) is 0 Å². The lowest BCUT2D eigenvalue weighted by molar-refractivity contribution is -0.125. The van der Waals surface area contributed by atoms with Gasteiger partial charge in [0.1, 0.15) is 0 Å². The minimum atomic E-state index is 0.200. The SMILES string of the molecule is CC(C(=O)NCCN1CCc2ccccc21)C1CC1. The molecule has 1 fully saturated rings. The zero-order valence-electron chi connectivity index (χ0n) is 11.6. The van der Waals surface area contributed by atoms with Gasteiger partial charge in [-0.25, -0.2) is 0 Å². The van der Waals surface area contributed by atoms with Crippen LogP contribution in [0.25, 0.3) is 0 Å². The molecule has 1 saturated carbocycles. The summed E-state index contributed by atoms with van der Waals surface area (Å²) in [5.74, 6) is 1.08. The fraction of sp³-hybridized carbons (Fsp3) is 0.562. The molecular formula is C16H22N2O. The molecule has 2 aliphatic rings. The zero-order valence-corrected chi connectivity index (χ0v) is 11.6. The van der Waals surface area contributed by atoms with Gasteiger partial charge in [0, 0.05) is 31.2 Å². The van der Waals surface area contributed by atoms with E-state index in [2.05, 4.69) is 41.4 Å². The van der Waals surface area contributed by atoms with Gasteiger partial charge >= 0.3 is 0 Å². The lowest BCUT2D eigenvalue weighted by atomic mass is 10.1. The maximum absolute atomic E-state index is 11.9. The van der Waals surface area contributed by atoms with Crippen LogP contribution in [0.5, 0.6) is 0 Å². The number of para-hydroxylation sites is 1. The number of anilines is 1. The van der Waals surface area contributed by atoms with Gasteiger partial charge in [-0.1, -0.05) is 25.1 Å². The molecule has 0 saturated heterocycles. The molecule has 1 aliphatic heterocycles. The van der Waals surface area contributed by atoms with Crippen LogP contribution in [0.15, 0.2) is 24.3 Å². The van der Waals surface area contributed by atoms with Crippen LogP contribution in [0, 0.1) is 11.8 Å². The fourth-order valence-corrected chi connectivity index (χ4v) is 2.92.